The second kappa shape index (κ2) is 6.50. The zero-order chi connectivity index (χ0) is 17.3. The number of hydrogen-bond acceptors (Lipinski definition) is 6. The number of methoxy groups -OCH3 is 1. The summed E-state index contributed by atoms with van der Waals surface area (Å²) in [5.41, 5.74) is 1.48. The van der Waals surface area contributed by atoms with Gasteiger partial charge in [-0.1, -0.05) is 17.7 Å². The van der Waals surface area contributed by atoms with E-state index < -0.39 is 5.97 Å². The van der Waals surface area contributed by atoms with Gasteiger partial charge in [0.15, 0.2) is 0 Å². The number of H-pyrrole nitrogens is 1. The van der Waals surface area contributed by atoms with E-state index in [0.29, 0.717) is 21.7 Å². The molecule has 24 heavy (non-hydrogen) atoms. The lowest BCUT2D eigenvalue weighted by molar-refractivity contribution is -0.136. The molecule has 0 atom stereocenters. The van der Waals surface area contributed by atoms with Gasteiger partial charge in [-0.05, 0) is 12.1 Å². The lowest BCUT2D eigenvalue weighted by Gasteiger charge is -2.15. The Hall–Kier alpha value is -2.58. The summed E-state index contributed by atoms with van der Waals surface area (Å²) >= 11 is 6.11. The molecule has 1 aliphatic rings. The standard InChI is InChI=1S/C15H15ClN4O4/c1-24-15(23)8-7-20(5-6-21)14(22)12(8)17-9-3-2-4-10-11(9)13(16)19-18-10/h2-4,17,21H,5-7H2,1H3,(H,18,19). The number of fused-ring (bicyclic) bond motifs is 1. The number of carbonyl (C=O) groups excluding carboxylic acids is 2. The quantitative estimate of drug-likeness (QED) is 0.691. The number of aromatic amines is 1. The topological polar surface area (TPSA) is 108 Å². The molecule has 1 amide bonds. The van der Waals surface area contributed by atoms with Gasteiger partial charge in [0.2, 0.25) is 0 Å². The van der Waals surface area contributed by atoms with Gasteiger partial charge in [-0.3, -0.25) is 9.89 Å². The highest BCUT2D eigenvalue weighted by molar-refractivity contribution is 6.35. The molecule has 1 aromatic carbocycles. The molecule has 1 aromatic heterocycles. The van der Waals surface area contributed by atoms with Gasteiger partial charge in [0.25, 0.3) is 5.91 Å². The van der Waals surface area contributed by atoms with Crippen LogP contribution >= 0.6 is 11.6 Å². The minimum atomic E-state index is -0.600. The average Bonchev–Trinajstić information content (AvgIpc) is 3.11. The number of aliphatic hydroxyl groups is 1. The summed E-state index contributed by atoms with van der Waals surface area (Å²) in [6.45, 7) is 0.00127. The zero-order valence-electron chi connectivity index (χ0n) is 12.8. The lowest BCUT2D eigenvalue weighted by atomic mass is 10.2. The average molecular weight is 351 g/mol. The number of anilines is 1. The van der Waals surface area contributed by atoms with Crippen LogP contribution in [0.3, 0.4) is 0 Å². The van der Waals surface area contributed by atoms with Crippen LogP contribution in [0.4, 0.5) is 5.69 Å². The molecule has 0 unspecified atom stereocenters. The Morgan fingerprint density at radius 3 is 3.04 bits per heavy atom. The van der Waals surface area contributed by atoms with Gasteiger partial charge in [0.1, 0.15) is 10.9 Å². The van der Waals surface area contributed by atoms with Crippen LogP contribution in [0.1, 0.15) is 0 Å². The van der Waals surface area contributed by atoms with E-state index in [9.17, 15) is 9.59 Å². The summed E-state index contributed by atoms with van der Waals surface area (Å²) < 4.78 is 4.75. The van der Waals surface area contributed by atoms with Crippen molar-refractivity contribution in [2.75, 3.05) is 32.1 Å². The van der Waals surface area contributed by atoms with Crippen molar-refractivity contribution in [3.63, 3.8) is 0 Å². The molecule has 0 radical (unpaired) electrons. The Morgan fingerprint density at radius 1 is 1.54 bits per heavy atom. The minimum Gasteiger partial charge on any atom is -0.466 e. The monoisotopic (exact) mass is 350 g/mol. The van der Waals surface area contributed by atoms with E-state index in [2.05, 4.69) is 15.5 Å². The number of hydrogen-bond donors (Lipinski definition) is 3. The normalized spacial score (nSPS) is 14.6. The molecule has 3 rings (SSSR count). The molecule has 0 aliphatic carbocycles. The Balaban J connectivity index is 2.02. The minimum absolute atomic E-state index is 0.0729. The summed E-state index contributed by atoms with van der Waals surface area (Å²) in [6, 6.07) is 5.26. The van der Waals surface area contributed by atoms with E-state index in [1.165, 1.54) is 12.0 Å². The number of β-amino-alcohol motifs (C(OH)–C–C–N with tert-alkyl or cyclic N) is 1. The van der Waals surface area contributed by atoms with E-state index in [1.807, 2.05) is 0 Å². The predicted octanol–water partition coefficient (Wildman–Crippen LogP) is 0.890. The number of amides is 1. The van der Waals surface area contributed by atoms with Gasteiger partial charge in [-0.2, -0.15) is 5.10 Å². The Labute approximate surface area is 142 Å². The number of aromatic nitrogens is 2. The van der Waals surface area contributed by atoms with Crippen molar-refractivity contribution in [3.05, 3.63) is 34.6 Å². The van der Waals surface area contributed by atoms with Crippen LogP contribution < -0.4 is 5.32 Å². The first-order valence-electron chi connectivity index (χ1n) is 7.18. The molecule has 126 valence electrons. The SMILES string of the molecule is COC(=O)C1=C(Nc2cccc3n[nH]c(Cl)c23)C(=O)N(CCO)C1. The zero-order valence-corrected chi connectivity index (χ0v) is 13.6. The highest BCUT2D eigenvalue weighted by Crippen LogP contribution is 2.31. The predicted molar refractivity (Wildman–Crippen MR) is 87.4 cm³/mol. The third kappa shape index (κ3) is 2.70. The maximum atomic E-state index is 12.5. The Kier molecular flexibility index (Phi) is 4.41. The maximum Gasteiger partial charge on any atom is 0.337 e. The van der Waals surface area contributed by atoms with Gasteiger partial charge in [-0.15, -0.1) is 0 Å². The van der Waals surface area contributed by atoms with Gasteiger partial charge in [0.05, 0.1) is 42.4 Å². The number of aliphatic hydroxyl groups excluding tert-OH is 1. The van der Waals surface area contributed by atoms with Crippen LogP contribution in [-0.2, 0) is 14.3 Å². The molecule has 3 N–H and O–H groups in total. The molecule has 0 spiro atoms. The number of nitrogens with zero attached hydrogens (tertiary/aromatic N) is 2. The number of rotatable bonds is 5. The second-order valence-corrected chi connectivity index (χ2v) is 5.54. The highest BCUT2D eigenvalue weighted by Gasteiger charge is 2.34. The first-order valence-corrected chi connectivity index (χ1v) is 7.55. The summed E-state index contributed by atoms with van der Waals surface area (Å²) in [4.78, 5) is 25.9. The van der Waals surface area contributed by atoms with Crippen LogP contribution in [0.2, 0.25) is 5.15 Å². The highest BCUT2D eigenvalue weighted by atomic mass is 35.5. The van der Waals surface area contributed by atoms with Crippen LogP contribution in [-0.4, -0.2) is 58.9 Å². The molecule has 1 aliphatic heterocycles. The van der Waals surface area contributed by atoms with E-state index in [4.69, 9.17) is 21.4 Å². The summed E-state index contributed by atoms with van der Waals surface area (Å²) in [6.07, 6.45) is 0. The summed E-state index contributed by atoms with van der Waals surface area (Å²) in [5.74, 6) is -0.988. The van der Waals surface area contributed by atoms with Crippen LogP contribution in [0.25, 0.3) is 10.9 Å². The van der Waals surface area contributed by atoms with Crippen molar-refractivity contribution in [2.24, 2.45) is 0 Å². The number of halogens is 1. The first kappa shape index (κ1) is 16.3. The number of benzene rings is 1. The molecular weight excluding hydrogens is 336 g/mol. The molecule has 0 bridgehead atoms. The molecule has 0 saturated carbocycles. The van der Waals surface area contributed by atoms with E-state index >= 15 is 0 Å². The number of carbonyl (C=O) groups is 2. The molecule has 2 heterocycles. The van der Waals surface area contributed by atoms with Crippen LogP contribution in [0.5, 0.6) is 0 Å². The molecule has 9 heteroatoms. The number of ether oxygens (including phenoxy) is 1. The molecule has 8 nitrogen and oxygen atoms in total. The van der Waals surface area contributed by atoms with Gasteiger partial charge < -0.3 is 20.1 Å². The Bertz CT molecular complexity index is 845. The third-order valence-corrected chi connectivity index (χ3v) is 4.02. The maximum absolute atomic E-state index is 12.5. The third-order valence-electron chi connectivity index (χ3n) is 3.75. The molecule has 0 saturated heterocycles. The van der Waals surface area contributed by atoms with Crippen molar-refractivity contribution in [3.8, 4) is 0 Å². The molecule has 0 fully saturated rings. The van der Waals surface area contributed by atoms with Crippen LogP contribution in [0, 0.1) is 0 Å². The lowest BCUT2D eigenvalue weighted by Crippen LogP contribution is -2.31. The largest absolute Gasteiger partial charge is 0.466 e. The molecule has 2 aromatic rings. The smallest absolute Gasteiger partial charge is 0.337 e. The van der Waals surface area contributed by atoms with Crippen molar-refractivity contribution in [1.29, 1.82) is 0 Å². The first-order chi connectivity index (χ1) is 11.6. The number of esters is 1. The second-order valence-electron chi connectivity index (χ2n) is 5.16. The van der Waals surface area contributed by atoms with Crippen molar-refractivity contribution < 1.29 is 19.4 Å². The van der Waals surface area contributed by atoms with E-state index in [-0.39, 0.29) is 36.9 Å². The van der Waals surface area contributed by atoms with Gasteiger partial charge in [-0.25, -0.2) is 4.79 Å². The molecular formula is C15H15ClN4O4. The van der Waals surface area contributed by atoms with Crippen molar-refractivity contribution in [1.82, 2.24) is 15.1 Å². The van der Waals surface area contributed by atoms with Crippen molar-refractivity contribution in [2.45, 2.75) is 0 Å². The van der Waals surface area contributed by atoms with Gasteiger partial charge in [0, 0.05) is 6.54 Å². The summed E-state index contributed by atoms with van der Waals surface area (Å²) in [7, 11) is 1.25. The van der Waals surface area contributed by atoms with Crippen molar-refractivity contribution >= 4 is 40.1 Å². The van der Waals surface area contributed by atoms with Gasteiger partial charge >= 0.3 is 5.97 Å². The Morgan fingerprint density at radius 2 is 2.33 bits per heavy atom. The van der Waals surface area contributed by atoms with E-state index in [0.717, 1.165) is 0 Å². The van der Waals surface area contributed by atoms with E-state index in [1.54, 1.807) is 18.2 Å². The summed E-state index contributed by atoms with van der Waals surface area (Å²) in [5, 5.41) is 19.7. The fraction of sp³-hybridized carbons (Fsp3) is 0.267. The number of nitrogens with one attached hydrogen (secondary N) is 2. The fourth-order valence-electron chi connectivity index (χ4n) is 2.62. The fourth-order valence-corrected chi connectivity index (χ4v) is 2.86. The van der Waals surface area contributed by atoms with Crippen LogP contribution in [0.15, 0.2) is 29.5 Å².